The lowest BCUT2D eigenvalue weighted by Gasteiger charge is -2.14. The van der Waals surface area contributed by atoms with E-state index < -0.39 is 18.1 Å². The summed E-state index contributed by atoms with van der Waals surface area (Å²) in [6.45, 7) is 0.0241. The summed E-state index contributed by atoms with van der Waals surface area (Å²) >= 11 is 1.06. The minimum atomic E-state index is -1.23. The lowest BCUT2D eigenvalue weighted by Crippen LogP contribution is -2.43. The number of alkyl carbamates (subject to hydrolysis) is 1. The third kappa shape index (κ3) is 7.94. The highest BCUT2D eigenvalue weighted by Crippen LogP contribution is 2.11. The fourth-order valence-corrected chi connectivity index (χ4v) is 3.05. The molecule has 29 heavy (non-hydrogen) atoms. The van der Waals surface area contributed by atoms with Crippen molar-refractivity contribution in [3.8, 4) is 6.07 Å². The van der Waals surface area contributed by atoms with Crippen LogP contribution in [0.2, 0.25) is 0 Å². The lowest BCUT2D eigenvalue weighted by molar-refractivity contribution is -0.138. The molecule has 2 aromatic carbocycles. The molecular formula is C20H19N3O5S. The molecule has 0 aromatic heterocycles. The SMILES string of the molecule is N#Cc1cccc(NC(=O)CSCC(NC(=O)OCc2ccccc2)C(=O)O)c1. The van der Waals surface area contributed by atoms with Crippen LogP contribution in [0.1, 0.15) is 11.1 Å². The Morgan fingerprint density at radius 3 is 2.59 bits per heavy atom. The summed E-state index contributed by atoms with van der Waals surface area (Å²) in [5.41, 5.74) is 1.67. The Kier molecular flexibility index (Phi) is 8.53. The van der Waals surface area contributed by atoms with Crippen LogP contribution in [-0.4, -0.2) is 40.6 Å². The van der Waals surface area contributed by atoms with Crippen molar-refractivity contribution in [2.75, 3.05) is 16.8 Å². The lowest BCUT2D eigenvalue weighted by atomic mass is 10.2. The summed E-state index contributed by atoms with van der Waals surface area (Å²) < 4.78 is 5.01. The van der Waals surface area contributed by atoms with Gasteiger partial charge in [-0.2, -0.15) is 5.26 Å². The molecule has 0 aliphatic rings. The van der Waals surface area contributed by atoms with Gasteiger partial charge in [-0.1, -0.05) is 36.4 Å². The number of nitriles is 1. The summed E-state index contributed by atoms with van der Waals surface area (Å²) in [6, 6.07) is 16.2. The number of carbonyl (C=O) groups excluding carboxylic acids is 2. The van der Waals surface area contributed by atoms with Crippen LogP contribution < -0.4 is 10.6 Å². The van der Waals surface area contributed by atoms with Crippen LogP contribution in [0.3, 0.4) is 0 Å². The van der Waals surface area contributed by atoms with Gasteiger partial charge in [-0.25, -0.2) is 9.59 Å². The van der Waals surface area contributed by atoms with Gasteiger partial charge in [-0.15, -0.1) is 11.8 Å². The van der Waals surface area contributed by atoms with E-state index in [0.29, 0.717) is 11.3 Å². The zero-order valence-electron chi connectivity index (χ0n) is 15.3. The largest absolute Gasteiger partial charge is 0.480 e. The number of carboxylic acids is 1. The van der Waals surface area contributed by atoms with Gasteiger partial charge in [0.05, 0.1) is 17.4 Å². The van der Waals surface area contributed by atoms with Crippen molar-refractivity contribution in [1.29, 1.82) is 5.26 Å². The summed E-state index contributed by atoms with van der Waals surface area (Å²) in [5, 5.41) is 23.0. The van der Waals surface area contributed by atoms with Crippen molar-refractivity contribution in [3.05, 3.63) is 65.7 Å². The molecule has 0 saturated carbocycles. The number of rotatable bonds is 9. The average molecular weight is 413 g/mol. The Hall–Kier alpha value is -3.51. The van der Waals surface area contributed by atoms with E-state index in [1.165, 1.54) is 6.07 Å². The van der Waals surface area contributed by atoms with Gasteiger partial charge in [0.2, 0.25) is 5.91 Å². The summed E-state index contributed by atoms with van der Waals surface area (Å²) in [5.74, 6) is -1.60. The summed E-state index contributed by atoms with van der Waals surface area (Å²) in [6.07, 6.45) is -0.848. The molecule has 9 heteroatoms. The van der Waals surface area contributed by atoms with Gasteiger partial charge >= 0.3 is 12.1 Å². The number of amides is 2. The molecule has 0 saturated heterocycles. The average Bonchev–Trinajstić information content (AvgIpc) is 2.72. The number of benzene rings is 2. The molecule has 2 rings (SSSR count). The minimum absolute atomic E-state index is 0.0125. The predicted molar refractivity (Wildman–Crippen MR) is 108 cm³/mol. The molecule has 8 nitrogen and oxygen atoms in total. The number of carboxylic acid groups (broad SMARTS) is 1. The molecular weight excluding hydrogens is 394 g/mol. The predicted octanol–water partition coefficient (Wildman–Crippen LogP) is 2.61. The van der Waals surface area contributed by atoms with Gasteiger partial charge < -0.3 is 20.5 Å². The standard InChI is InChI=1S/C20H19N3O5S/c21-10-15-7-4-8-16(9-15)22-18(24)13-29-12-17(19(25)26)23-20(27)28-11-14-5-2-1-3-6-14/h1-9,17H,11-13H2,(H,22,24)(H,23,27)(H,25,26). The first kappa shape index (κ1) is 21.8. The van der Waals surface area contributed by atoms with E-state index in [-0.39, 0.29) is 24.0 Å². The molecule has 0 fully saturated rings. The number of hydrogen-bond acceptors (Lipinski definition) is 6. The van der Waals surface area contributed by atoms with Gasteiger partial charge in [0.15, 0.2) is 0 Å². The van der Waals surface area contributed by atoms with Crippen molar-refractivity contribution < 1.29 is 24.2 Å². The number of anilines is 1. The second kappa shape index (κ2) is 11.4. The van der Waals surface area contributed by atoms with Gasteiger partial charge in [0, 0.05) is 11.4 Å². The molecule has 2 amide bonds. The molecule has 2 aromatic rings. The molecule has 150 valence electrons. The van der Waals surface area contributed by atoms with E-state index in [9.17, 15) is 19.5 Å². The Morgan fingerprint density at radius 1 is 1.14 bits per heavy atom. The smallest absolute Gasteiger partial charge is 0.408 e. The van der Waals surface area contributed by atoms with Crippen LogP contribution in [0.25, 0.3) is 0 Å². The Bertz CT molecular complexity index is 898. The molecule has 0 bridgehead atoms. The fraction of sp³-hybridized carbons (Fsp3) is 0.200. The van der Waals surface area contributed by atoms with Gasteiger partial charge in [-0.3, -0.25) is 4.79 Å². The van der Waals surface area contributed by atoms with Crippen LogP contribution in [0.15, 0.2) is 54.6 Å². The highest BCUT2D eigenvalue weighted by molar-refractivity contribution is 8.00. The van der Waals surface area contributed by atoms with Crippen LogP contribution in [0.4, 0.5) is 10.5 Å². The van der Waals surface area contributed by atoms with E-state index in [1.807, 2.05) is 12.1 Å². The molecule has 0 heterocycles. The van der Waals surface area contributed by atoms with Crippen molar-refractivity contribution in [2.45, 2.75) is 12.6 Å². The first-order valence-corrected chi connectivity index (χ1v) is 9.71. The van der Waals surface area contributed by atoms with Crippen LogP contribution in [0.5, 0.6) is 0 Å². The molecule has 3 N–H and O–H groups in total. The number of ether oxygens (including phenoxy) is 1. The summed E-state index contributed by atoms with van der Waals surface area (Å²) in [7, 11) is 0. The number of nitrogens with zero attached hydrogens (tertiary/aromatic N) is 1. The molecule has 0 aliphatic carbocycles. The maximum Gasteiger partial charge on any atom is 0.408 e. The Balaban J connectivity index is 1.75. The third-order valence-corrected chi connectivity index (χ3v) is 4.63. The van der Waals surface area contributed by atoms with E-state index in [1.54, 1.807) is 42.5 Å². The van der Waals surface area contributed by atoms with Gasteiger partial charge in [0.25, 0.3) is 0 Å². The molecule has 0 radical (unpaired) electrons. The quantitative estimate of drug-likeness (QED) is 0.576. The maximum atomic E-state index is 12.0. The van der Waals surface area contributed by atoms with Gasteiger partial charge in [0.1, 0.15) is 12.6 Å². The zero-order chi connectivity index (χ0) is 21.1. The second-order valence-corrected chi connectivity index (χ2v) is 6.88. The first-order chi connectivity index (χ1) is 14.0. The van der Waals surface area contributed by atoms with Crippen molar-refractivity contribution >= 4 is 35.4 Å². The maximum absolute atomic E-state index is 12.0. The van der Waals surface area contributed by atoms with E-state index in [4.69, 9.17) is 10.00 Å². The Morgan fingerprint density at radius 2 is 1.90 bits per heavy atom. The molecule has 0 aliphatic heterocycles. The van der Waals surface area contributed by atoms with Crippen LogP contribution in [0, 0.1) is 11.3 Å². The number of carbonyl (C=O) groups is 3. The highest BCUT2D eigenvalue weighted by atomic mass is 32.2. The first-order valence-electron chi connectivity index (χ1n) is 8.55. The van der Waals surface area contributed by atoms with E-state index in [0.717, 1.165) is 17.3 Å². The monoisotopic (exact) mass is 413 g/mol. The molecule has 1 atom stereocenters. The second-order valence-electron chi connectivity index (χ2n) is 5.85. The van der Waals surface area contributed by atoms with E-state index >= 15 is 0 Å². The number of thioether (sulfide) groups is 1. The third-order valence-electron chi connectivity index (χ3n) is 3.60. The number of nitrogens with one attached hydrogen (secondary N) is 2. The van der Waals surface area contributed by atoms with Crippen LogP contribution in [-0.2, 0) is 20.9 Å². The molecule has 0 spiro atoms. The Labute approximate surface area is 171 Å². The normalized spacial score (nSPS) is 11.0. The van der Waals surface area contributed by atoms with Crippen LogP contribution >= 0.6 is 11.8 Å². The van der Waals surface area contributed by atoms with Gasteiger partial charge in [-0.05, 0) is 23.8 Å². The highest BCUT2D eigenvalue weighted by Gasteiger charge is 2.21. The fourth-order valence-electron chi connectivity index (χ4n) is 2.21. The topological polar surface area (TPSA) is 129 Å². The van der Waals surface area contributed by atoms with Crippen molar-refractivity contribution in [3.63, 3.8) is 0 Å². The minimum Gasteiger partial charge on any atom is -0.480 e. The number of aliphatic carboxylic acids is 1. The number of hydrogen-bond donors (Lipinski definition) is 3. The van der Waals surface area contributed by atoms with Crippen molar-refractivity contribution in [2.24, 2.45) is 0 Å². The zero-order valence-corrected chi connectivity index (χ0v) is 16.1. The molecule has 1 unspecified atom stereocenters. The summed E-state index contributed by atoms with van der Waals surface area (Å²) in [4.78, 5) is 35.1. The van der Waals surface area contributed by atoms with E-state index in [2.05, 4.69) is 10.6 Å². The van der Waals surface area contributed by atoms with Crippen molar-refractivity contribution in [1.82, 2.24) is 5.32 Å².